The first-order valence-electron chi connectivity index (χ1n) is 6.84. The maximum atomic E-state index is 12.1. The molecule has 0 aromatic carbocycles. The Hall–Kier alpha value is -2.09. The zero-order valence-electron chi connectivity index (χ0n) is 12.9. The highest BCUT2D eigenvalue weighted by atomic mass is 32.2. The average molecular weight is 322 g/mol. The molecule has 2 aromatic rings. The molecule has 0 fully saturated rings. The predicted octanol–water partition coefficient (Wildman–Crippen LogP) is 1.07. The monoisotopic (exact) mass is 322 g/mol. The van der Waals surface area contributed by atoms with E-state index >= 15 is 0 Å². The Morgan fingerprint density at radius 2 is 2.14 bits per heavy atom. The van der Waals surface area contributed by atoms with E-state index in [9.17, 15) is 14.4 Å². The van der Waals surface area contributed by atoms with Gasteiger partial charge < -0.3 is 4.57 Å². The van der Waals surface area contributed by atoms with Crippen LogP contribution >= 0.6 is 11.8 Å². The Labute approximate surface area is 131 Å². The van der Waals surface area contributed by atoms with E-state index in [2.05, 4.69) is 9.97 Å². The Balaban J connectivity index is 2.72. The van der Waals surface area contributed by atoms with Crippen LogP contribution in [0.2, 0.25) is 0 Å². The second-order valence-corrected chi connectivity index (χ2v) is 6.24. The number of ketones is 1. The third-order valence-corrected chi connectivity index (χ3v) is 4.56. The van der Waals surface area contributed by atoms with Crippen molar-refractivity contribution in [2.75, 3.05) is 0 Å². The SMILES string of the molecule is C/C=C/Cn1c(S[C@@H](C)C(C)=O)nc2c1c(=O)[nH]c(=O)n2C. The normalized spacial score (nSPS) is 13.1. The molecule has 0 saturated carbocycles. The topological polar surface area (TPSA) is 89.8 Å². The maximum absolute atomic E-state index is 12.1. The van der Waals surface area contributed by atoms with Crippen molar-refractivity contribution in [3.8, 4) is 0 Å². The highest BCUT2D eigenvalue weighted by Crippen LogP contribution is 2.25. The third kappa shape index (κ3) is 2.92. The molecule has 2 heterocycles. The van der Waals surface area contributed by atoms with Gasteiger partial charge >= 0.3 is 5.69 Å². The Kier molecular flexibility index (Phi) is 4.70. The van der Waals surface area contributed by atoms with Crippen LogP contribution in [0.15, 0.2) is 26.9 Å². The first-order chi connectivity index (χ1) is 10.4. The van der Waals surface area contributed by atoms with E-state index in [1.807, 2.05) is 19.1 Å². The smallest absolute Gasteiger partial charge is 0.309 e. The number of fused-ring (bicyclic) bond motifs is 1. The molecule has 0 aliphatic carbocycles. The van der Waals surface area contributed by atoms with E-state index in [1.165, 1.54) is 23.3 Å². The summed E-state index contributed by atoms with van der Waals surface area (Å²) in [5, 5.41) is 0.264. The van der Waals surface area contributed by atoms with Gasteiger partial charge in [-0.05, 0) is 20.8 Å². The number of H-pyrrole nitrogens is 1. The van der Waals surface area contributed by atoms with E-state index < -0.39 is 11.2 Å². The van der Waals surface area contributed by atoms with Crippen molar-refractivity contribution >= 4 is 28.7 Å². The van der Waals surface area contributed by atoms with Gasteiger partial charge in [0.1, 0.15) is 5.78 Å². The van der Waals surface area contributed by atoms with E-state index in [1.54, 1.807) is 18.5 Å². The van der Waals surface area contributed by atoms with Crippen LogP contribution in [0.5, 0.6) is 0 Å². The summed E-state index contributed by atoms with van der Waals surface area (Å²) in [6, 6.07) is 0. The second kappa shape index (κ2) is 6.35. The summed E-state index contributed by atoms with van der Waals surface area (Å²) in [5.41, 5.74) is -0.336. The standard InChI is InChI=1S/C14H18N4O3S/c1-5-6-7-18-10-11(17(4)13(21)16-12(10)20)15-14(18)22-9(3)8(2)19/h5-6,9H,7H2,1-4H3,(H,16,20,21)/b6-5+/t9-/m0/s1. The lowest BCUT2D eigenvalue weighted by Gasteiger charge is -2.08. The summed E-state index contributed by atoms with van der Waals surface area (Å²) >= 11 is 1.28. The number of aryl methyl sites for hydroxylation is 1. The van der Waals surface area contributed by atoms with Crippen molar-refractivity contribution in [2.24, 2.45) is 7.05 Å². The van der Waals surface area contributed by atoms with Crippen LogP contribution in [0, 0.1) is 0 Å². The zero-order chi connectivity index (χ0) is 16.4. The molecule has 0 bridgehead atoms. The molecule has 0 amide bonds. The van der Waals surface area contributed by atoms with E-state index in [-0.39, 0.29) is 11.0 Å². The fraction of sp³-hybridized carbons (Fsp3) is 0.429. The van der Waals surface area contributed by atoms with Gasteiger partial charge in [-0.1, -0.05) is 23.9 Å². The summed E-state index contributed by atoms with van der Waals surface area (Å²) in [7, 11) is 1.55. The van der Waals surface area contributed by atoms with Crippen molar-refractivity contribution < 1.29 is 4.79 Å². The number of hydrogen-bond donors (Lipinski definition) is 1. The Bertz CT molecular complexity index is 859. The van der Waals surface area contributed by atoms with Crippen LogP contribution < -0.4 is 11.2 Å². The number of aromatic amines is 1. The van der Waals surface area contributed by atoms with E-state index in [0.29, 0.717) is 22.9 Å². The number of nitrogens with one attached hydrogen (secondary N) is 1. The van der Waals surface area contributed by atoms with Gasteiger partial charge in [-0.3, -0.25) is 19.1 Å². The molecule has 2 aromatic heterocycles. The predicted molar refractivity (Wildman–Crippen MR) is 86.4 cm³/mol. The largest absolute Gasteiger partial charge is 0.329 e. The summed E-state index contributed by atoms with van der Waals surface area (Å²) in [6.45, 7) is 5.63. The fourth-order valence-electron chi connectivity index (χ4n) is 1.93. The van der Waals surface area contributed by atoms with Crippen LogP contribution in [-0.2, 0) is 18.4 Å². The number of hydrogen-bond acceptors (Lipinski definition) is 5. The number of carbonyl (C=O) groups is 1. The summed E-state index contributed by atoms with van der Waals surface area (Å²) in [6.07, 6.45) is 3.75. The molecule has 1 atom stereocenters. The van der Waals surface area contributed by atoms with Crippen molar-refractivity contribution in [1.29, 1.82) is 0 Å². The minimum atomic E-state index is -0.510. The van der Waals surface area contributed by atoms with Gasteiger partial charge in [-0.15, -0.1) is 0 Å². The number of carbonyl (C=O) groups excluding carboxylic acids is 1. The van der Waals surface area contributed by atoms with Crippen LogP contribution in [0.3, 0.4) is 0 Å². The lowest BCUT2D eigenvalue weighted by Crippen LogP contribution is -2.29. The zero-order valence-corrected chi connectivity index (χ0v) is 13.7. The first-order valence-corrected chi connectivity index (χ1v) is 7.72. The van der Waals surface area contributed by atoms with Gasteiger partial charge in [-0.2, -0.15) is 0 Å². The van der Waals surface area contributed by atoms with Gasteiger partial charge in [0.25, 0.3) is 5.56 Å². The molecule has 8 heteroatoms. The number of Topliss-reactive ketones (excluding diaryl/α,β-unsaturated/α-hetero) is 1. The van der Waals surface area contributed by atoms with Crippen LogP contribution in [0.1, 0.15) is 20.8 Å². The Morgan fingerprint density at radius 1 is 1.45 bits per heavy atom. The minimum Gasteiger partial charge on any atom is -0.309 e. The average Bonchev–Trinajstić information content (AvgIpc) is 2.81. The van der Waals surface area contributed by atoms with Gasteiger partial charge in [-0.25, -0.2) is 9.78 Å². The number of aromatic nitrogens is 4. The molecule has 2 rings (SSSR count). The maximum Gasteiger partial charge on any atom is 0.329 e. The molecule has 0 aliphatic rings. The van der Waals surface area contributed by atoms with Gasteiger partial charge in [0, 0.05) is 13.6 Å². The molecule has 22 heavy (non-hydrogen) atoms. The van der Waals surface area contributed by atoms with Crippen molar-refractivity contribution in [2.45, 2.75) is 37.7 Å². The lowest BCUT2D eigenvalue weighted by atomic mass is 10.3. The molecule has 7 nitrogen and oxygen atoms in total. The summed E-state index contributed by atoms with van der Waals surface area (Å²) in [4.78, 5) is 42.0. The third-order valence-electron chi connectivity index (χ3n) is 3.35. The van der Waals surface area contributed by atoms with Crippen molar-refractivity contribution in [1.82, 2.24) is 19.1 Å². The number of thioether (sulfide) groups is 1. The lowest BCUT2D eigenvalue weighted by molar-refractivity contribution is -0.116. The molecule has 0 spiro atoms. The molecular weight excluding hydrogens is 304 g/mol. The van der Waals surface area contributed by atoms with Gasteiger partial charge in [0.2, 0.25) is 0 Å². The van der Waals surface area contributed by atoms with E-state index in [4.69, 9.17) is 0 Å². The summed E-state index contributed by atoms with van der Waals surface area (Å²) < 4.78 is 3.02. The van der Waals surface area contributed by atoms with Gasteiger partial charge in [0.05, 0.1) is 5.25 Å². The first kappa shape index (κ1) is 16.3. The molecule has 0 aliphatic heterocycles. The van der Waals surface area contributed by atoms with Crippen molar-refractivity contribution in [3.63, 3.8) is 0 Å². The molecule has 0 radical (unpaired) electrons. The second-order valence-electron chi connectivity index (χ2n) is 4.94. The molecule has 118 valence electrons. The van der Waals surface area contributed by atoms with Crippen LogP contribution in [-0.4, -0.2) is 30.1 Å². The Morgan fingerprint density at radius 3 is 2.73 bits per heavy atom. The minimum absolute atomic E-state index is 0.0254. The summed E-state index contributed by atoms with van der Waals surface area (Å²) in [5.74, 6) is 0.0254. The molecular formula is C14H18N4O3S. The van der Waals surface area contributed by atoms with E-state index in [0.717, 1.165) is 0 Å². The molecule has 0 unspecified atom stereocenters. The number of rotatable bonds is 5. The number of imidazole rings is 1. The molecule has 1 N–H and O–H groups in total. The van der Waals surface area contributed by atoms with Crippen molar-refractivity contribution in [3.05, 3.63) is 33.0 Å². The highest BCUT2D eigenvalue weighted by Gasteiger charge is 2.20. The molecule has 0 saturated heterocycles. The van der Waals surface area contributed by atoms with Crippen LogP contribution in [0.25, 0.3) is 11.2 Å². The van der Waals surface area contributed by atoms with Gasteiger partial charge in [0.15, 0.2) is 16.3 Å². The van der Waals surface area contributed by atoms with Crippen LogP contribution in [0.4, 0.5) is 0 Å². The quantitative estimate of drug-likeness (QED) is 0.657. The number of nitrogens with zero attached hydrogens (tertiary/aromatic N) is 3. The fourth-order valence-corrected chi connectivity index (χ4v) is 2.84. The number of allylic oxidation sites excluding steroid dienone is 2. The highest BCUT2D eigenvalue weighted by molar-refractivity contribution is 8.00.